The molecule has 0 saturated heterocycles. The van der Waals surface area contributed by atoms with Crippen LogP contribution in [0.3, 0.4) is 0 Å². The number of anilines is 1. The summed E-state index contributed by atoms with van der Waals surface area (Å²) in [6.07, 6.45) is -0.525. The molecule has 21 heavy (non-hydrogen) atoms. The van der Waals surface area contributed by atoms with Gasteiger partial charge in [-0.25, -0.2) is 0 Å². The van der Waals surface area contributed by atoms with E-state index in [-0.39, 0.29) is 5.91 Å². The zero-order valence-corrected chi connectivity index (χ0v) is 13.1. The number of ether oxygens (including phenoxy) is 1. The van der Waals surface area contributed by atoms with E-state index in [2.05, 4.69) is 21.2 Å². The summed E-state index contributed by atoms with van der Waals surface area (Å²) in [6, 6.07) is 11.2. The third-order valence-corrected chi connectivity index (χ3v) is 3.73. The van der Waals surface area contributed by atoms with Gasteiger partial charge in [0.2, 0.25) is 0 Å². The van der Waals surface area contributed by atoms with Gasteiger partial charge in [0.1, 0.15) is 11.5 Å². The molecule has 110 valence electrons. The molecule has 1 amide bonds. The number of carbonyl (C=O) groups excluding carboxylic acids is 1. The summed E-state index contributed by atoms with van der Waals surface area (Å²) in [5.41, 5.74) is 0.916. The van der Waals surface area contributed by atoms with Crippen molar-refractivity contribution in [2.24, 2.45) is 0 Å². The molecule has 1 unspecified atom stereocenters. The van der Waals surface area contributed by atoms with Gasteiger partial charge in [-0.2, -0.15) is 0 Å². The van der Waals surface area contributed by atoms with Gasteiger partial charge in [0.05, 0.1) is 18.8 Å². The number of rotatable bonds is 3. The van der Waals surface area contributed by atoms with E-state index in [1.54, 1.807) is 11.9 Å². The standard InChI is InChI=1S/C15H15BrN2O3/c1-18(9-10-6-7-14(16)20-10)15(19)13-8-17-11-4-2-3-5-12(11)21-13/h2-7,13,17H,8-9H2,1H3. The van der Waals surface area contributed by atoms with E-state index >= 15 is 0 Å². The fourth-order valence-electron chi connectivity index (χ4n) is 2.24. The lowest BCUT2D eigenvalue weighted by molar-refractivity contribution is -0.137. The highest BCUT2D eigenvalue weighted by Gasteiger charge is 2.28. The minimum Gasteiger partial charge on any atom is -0.477 e. The van der Waals surface area contributed by atoms with Crippen molar-refractivity contribution in [1.29, 1.82) is 0 Å². The fourth-order valence-corrected chi connectivity index (χ4v) is 2.59. The number of hydrogen-bond acceptors (Lipinski definition) is 4. The molecule has 1 aromatic carbocycles. The number of para-hydroxylation sites is 2. The van der Waals surface area contributed by atoms with Gasteiger partial charge >= 0.3 is 0 Å². The molecule has 2 aromatic rings. The van der Waals surface area contributed by atoms with Crippen molar-refractivity contribution in [3.8, 4) is 5.75 Å². The SMILES string of the molecule is CN(Cc1ccc(Br)o1)C(=O)C1CNc2ccccc2O1. The normalized spacial score (nSPS) is 16.6. The summed E-state index contributed by atoms with van der Waals surface area (Å²) < 4.78 is 11.8. The van der Waals surface area contributed by atoms with E-state index in [1.807, 2.05) is 36.4 Å². The lowest BCUT2D eigenvalue weighted by atomic mass is 10.2. The molecule has 0 radical (unpaired) electrons. The molecule has 1 atom stereocenters. The van der Waals surface area contributed by atoms with E-state index in [0.717, 1.165) is 11.4 Å². The van der Waals surface area contributed by atoms with Crippen molar-refractivity contribution < 1.29 is 13.9 Å². The Labute approximate surface area is 131 Å². The topological polar surface area (TPSA) is 54.7 Å². The van der Waals surface area contributed by atoms with Gasteiger partial charge < -0.3 is 19.4 Å². The summed E-state index contributed by atoms with van der Waals surface area (Å²) in [7, 11) is 1.74. The minimum atomic E-state index is -0.525. The predicted molar refractivity (Wildman–Crippen MR) is 82.2 cm³/mol. The van der Waals surface area contributed by atoms with Gasteiger partial charge in [0.15, 0.2) is 10.8 Å². The number of amides is 1. The van der Waals surface area contributed by atoms with Crippen LogP contribution in [0.2, 0.25) is 0 Å². The molecule has 0 spiro atoms. The first-order chi connectivity index (χ1) is 10.1. The van der Waals surface area contributed by atoms with Gasteiger partial charge in [-0.1, -0.05) is 12.1 Å². The monoisotopic (exact) mass is 350 g/mol. The number of nitrogens with zero attached hydrogens (tertiary/aromatic N) is 1. The molecule has 5 nitrogen and oxygen atoms in total. The van der Waals surface area contributed by atoms with E-state index < -0.39 is 6.10 Å². The van der Waals surface area contributed by atoms with Crippen molar-refractivity contribution in [3.05, 3.63) is 46.8 Å². The first-order valence-corrected chi connectivity index (χ1v) is 7.41. The molecule has 6 heteroatoms. The highest BCUT2D eigenvalue weighted by molar-refractivity contribution is 9.10. The molecule has 0 bridgehead atoms. The molecule has 0 aliphatic carbocycles. The molecule has 0 saturated carbocycles. The Bertz CT molecular complexity index is 656. The first kappa shape index (κ1) is 14.0. The van der Waals surface area contributed by atoms with Crippen molar-refractivity contribution in [2.45, 2.75) is 12.6 Å². The predicted octanol–water partition coefficient (Wildman–Crippen LogP) is 2.87. The zero-order valence-electron chi connectivity index (χ0n) is 11.5. The van der Waals surface area contributed by atoms with E-state index in [4.69, 9.17) is 9.15 Å². The summed E-state index contributed by atoms with van der Waals surface area (Å²) in [4.78, 5) is 14.0. The maximum absolute atomic E-state index is 12.4. The molecule has 3 rings (SSSR count). The van der Waals surface area contributed by atoms with Crippen molar-refractivity contribution in [3.63, 3.8) is 0 Å². The molecular formula is C15H15BrN2O3. The number of furan rings is 1. The van der Waals surface area contributed by atoms with Crippen LogP contribution in [0.15, 0.2) is 45.5 Å². The molecule has 1 aromatic heterocycles. The van der Waals surface area contributed by atoms with E-state index in [1.165, 1.54) is 0 Å². The lowest BCUT2D eigenvalue weighted by Crippen LogP contribution is -2.45. The third-order valence-electron chi connectivity index (χ3n) is 3.31. The Balaban J connectivity index is 1.66. The smallest absolute Gasteiger partial charge is 0.265 e. The number of hydrogen-bond donors (Lipinski definition) is 1. The Morgan fingerprint density at radius 2 is 2.19 bits per heavy atom. The maximum Gasteiger partial charge on any atom is 0.265 e. The number of nitrogens with one attached hydrogen (secondary N) is 1. The minimum absolute atomic E-state index is 0.0791. The number of fused-ring (bicyclic) bond motifs is 1. The van der Waals surface area contributed by atoms with Crippen molar-refractivity contribution in [1.82, 2.24) is 4.90 Å². The Morgan fingerprint density at radius 3 is 2.95 bits per heavy atom. The molecule has 1 aliphatic heterocycles. The van der Waals surface area contributed by atoms with Crippen LogP contribution in [-0.2, 0) is 11.3 Å². The van der Waals surface area contributed by atoms with Crippen LogP contribution in [0.5, 0.6) is 5.75 Å². The highest BCUT2D eigenvalue weighted by atomic mass is 79.9. The van der Waals surface area contributed by atoms with Gasteiger partial charge in [0.25, 0.3) is 5.91 Å². The van der Waals surface area contributed by atoms with Crippen LogP contribution >= 0.6 is 15.9 Å². The molecule has 1 N–H and O–H groups in total. The number of likely N-dealkylation sites (N-methyl/N-ethyl adjacent to an activating group) is 1. The quantitative estimate of drug-likeness (QED) is 0.924. The molecule has 1 aliphatic rings. The fraction of sp³-hybridized carbons (Fsp3) is 0.267. The second kappa shape index (κ2) is 5.81. The summed E-state index contributed by atoms with van der Waals surface area (Å²) >= 11 is 3.25. The Hall–Kier alpha value is -1.95. The zero-order chi connectivity index (χ0) is 14.8. The number of benzene rings is 1. The summed E-state index contributed by atoms with van der Waals surface area (Å²) in [5.74, 6) is 1.35. The van der Waals surface area contributed by atoms with Crippen LogP contribution in [0.25, 0.3) is 0 Å². The average molecular weight is 351 g/mol. The second-order valence-corrected chi connectivity index (χ2v) is 5.67. The van der Waals surface area contributed by atoms with Gasteiger partial charge in [-0.3, -0.25) is 4.79 Å². The molecule has 2 heterocycles. The second-order valence-electron chi connectivity index (χ2n) is 4.88. The maximum atomic E-state index is 12.4. The Kier molecular flexibility index (Phi) is 3.88. The first-order valence-electron chi connectivity index (χ1n) is 6.62. The van der Waals surface area contributed by atoms with Crippen LogP contribution in [0.4, 0.5) is 5.69 Å². The average Bonchev–Trinajstić information content (AvgIpc) is 2.91. The Morgan fingerprint density at radius 1 is 1.38 bits per heavy atom. The number of carbonyl (C=O) groups is 1. The van der Waals surface area contributed by atoms with Crippen molar-refractivity contribution in [2.75, 3.05) is 18.9 Å². The van der Waals surface area contributed by atoms with E-state index in [0.29, 0.717) is 23.5 Å². The highest BCUT2D eigenvalue weighted by Crippen LogP contribution is 2.28. The van der Waals surface area contributed by atoms with Crippen LogP contribution in [-0.4, -0.2) is 30.5 Å². The summed E-state index contributed by atoms with van der Waals surface area (Å²) in [5, 5.41) is 3.21. The largest absolute Gasteiger partial charge is 0.477 e. The van der Waals surface area contributed by atoms with Gasteiger partial charge in [0, 0.05) is 7.05 Å². The van der Waals surface area contributed by atoms with E-state index in [9.17, 15) is 4.79 Å². The summed E-state index contributed by atoms with van der Waals surface area (Å²) in [6.45, 7) is 0.869. The van der Waals surface area contributed by atoms with Gasteiger partial charge in [-0.15, -0.1) is 0 Å². The van der Waals surface area contributed by atoms with Crippen LogP contribution in [0, 0.1) is 0 Å². The third kappa shape index (κ3) is 3.05. The lowest BCUT2D eigenvalue weighted by Gasteiger charge is -2.29. The van der Waals surface area contributed by atoms with Gasteiger partial charge in [-0.05, 0) is 40.2 Å². The van der Waals surface area contributed by atoms with Crippen LogP contribution in [0.1, 0.15) is 5.76 Å². The molecular weight excluding hydrogens is 336 g/mol. The molecule has 0 fully saturated rings. The number of halogens is 1. The van der Waals surface area contributed by atoms with Crippen molar-refractivity contribution >= 4 is 27.5 Å². The van der Waals surface area contributed by atoms with Crippen LogP contribution < -0.4 is 10.1 Å².